The average molecular weight is 377 g/mol. The molecule has 0 spiro atoms. The normalized spacial score (nSPS) is 15.1. The highest BCUT2D eigenvalue weighted by molar-refractivity contribution is 6.32. The number of carbonyl (C=O) groups is 2. The van der Waals surface area contributed by atoms with Crippen LogP contribution in [0.2, 0.25) is 5.02 Å². The molecule has 8 heteroatoms. The third-order valence-corrected chi connectivity index (χ3v) is 4.69. The number of halogens is 1. The molecule has 1 saturated carbocycles. The zero-order chi connectivity index (χ0) is 19.0. The molecule has 1 fully saturated rings. The Bertz CT molecular complexity index is 845. The summed E-state index contributed by atoms with van der Waals surface area (Å²) in [5.74, 6) is -0.907. The van der Waals surface area contributed by atoms with Gasteiger partial charge in [0.05, 0.1) is 10.7 Å². The van der Waals surface area contributed by atoms with Gasteiger partial charge in [0.15, 0.2) is 0 Å². The lowest BCUT2D eigenvalue weighted by atomic mass is 10.2. The largest absolute Gasteiger partial charge is 0.480 e. The number of rotatable bonds is 6. The molecule has 1 amide bonds. The fourth-order valence-corrected chi connectivity index (χ4v) is 3.05. The molecule has 0 saturated heterocycles. The maximum Gasteiger partial charge on any atom is 0.326 e. The van der Waals surface area contributed by atoms with Crippen molar-refractivity contribution in [1.82, 2.24) is 19.7 Å². The first kappa shape index (κ1) is 18.4. The maximum absolute atomic E-state index is 13.0. The van der Waals surface area contributed by atoms with Crippen LogP contribution in [0.5, 0.6) is 0 Å². The van der Waals surface area contributed by atoms with Crippen LogP contribution in [0, 0.1) is 0 Å². The maximum atomic E-state index is 13.0. The monoisotopic (exact) mass is 376 g/mol. The van der Waals surface area contributed by atoms with E-state index in [-0.39, 0.29) is 17.8 Å². The molecular weight excluding hydrogens is 356 g/mol. The van der Waals surface area contributed by atoms with Crippen LogP contribution in [0.15, 0.2) is 24.3 Å². The molecule has 1 heterocycles. The SMILES string of the molecule is CC(C)c1nc(C(=O)N(C2CC2)C(C)C(=O)O)nn1-c1ccccc1Cl. The first-order valence-electron chi connectivity index (χ1n) is 8.58. The summed E-state index contributed by atoms with van der Waals surface area (Å²) >= 11 is 6.28. The third-order valence-electron chi connectivity index (χ3n) is 4.37. The Morgan fingerprint density at radius 2 is 1.92 bits per heavy atom. The highest BCUT2D eigenvalue weighted by Crippen LogP contribution is 2.30. The van der Waals surface area contributed by atoms with Crippen LogP contribution in [-0.4, -0.2) is 48.7 Å². The van der Waals surface area contributed by atoms with Crippen molar-refractivity contribution in [2.24, 2.45) is 0 Å². The van der Waals surface area contributed by atoms with Gasteiger partial charge in [-0.15, -0.1) is 5.10 Å². The van der Waals surface area contributed by atoms with E-state index in [4.69, 9.17) is 11.6 Å². The topological polar surface area (TPSA) is 88.3 Å². The number of carboxylic acid groups (broad SMARTS) is 1. The Labute approximate surface area is 156 Å². The van der Waals surface area contributed by atoms with Gasteiger partial charge in [-0.05, 0) is 31.9 Å². The Balaban J connectivity index is 2.03. The standard InChI is InChI=1S/C18H21ClN4O3/c1-10(2)16-20-15(21-23(16)14-7-5-4-6-13(14)19)17(24)22(12-8-9-12)11(3)18(25)26/h4-7,10-12H,8-9H2,1-3H3,(H,25,26). The van der Waals surface area contributed by atoms with E-state index in [9.17, 15) is 14.7 Å². The average Bonchev–Trinajstić information content (AvgIpc) is 3.31. The minimum Gasteiger partial charge on any atom is -0.480 e. The van der Waals surface area contributed by atoms with E-state index in [2.05, 4.69) is 10.1 Å². The molecule has 1 aromatic carbocycles. The number of nitrogens with zero attached hydrogens (tertiary/aromatic N) is 4. The Morgan fingerprint density at radius 3 is 2.46 bits per heavy atom. The van der Waals surface area contributed by atoms with Gasteiger partial charge in [0.1, 0.15) is 11.9 Å². The third kappa shape index (κ3) is 3.44. The van der Waals surface area contributed by atoms with E-state index in [0.29, 0.717) is 16.5 Å². The predicted octanol–water partition coefficient (Wildman–Crippen LogP) is 3.12. The van der Waals surface area contributed by atoms with Crippen molar-refractivity contribution >= 4 is 23.5 Å². The molecule has 138 valence electrons. The number of aliphatic carboxylic acids is 1. The fraction of sp³-hybridized carbons (Fsp3) is 0.444. The van der Waals surface area contributed by atoms with Crippen molar-refractivity contribution in [1.29, 1.82) is 0 Å². The van der Waals surface area contributed by atoms with Crippen molar-refractivity contribution in [3.8, 4) is 5.69 Å². The Hall–Kier alpha value is -2.41. The molecule has 3 rings (SSSR count). The van der Waals surface area contributed by atoms with Crippen LogP contribution in [-0.2, 0) is 4.79 Å². The van der Waals surface area contributed by atoms with Gasteiger partial charge in [-0.25, -0.2) is 14.5 Å². The molecular formula is C18H21ClN4O3. The van der Waals surface area contributed by atoms with Crippen molar-refractivity contribution < 1.29 is 14.7 Å². The fourth-order valence-electron chi connectivity index (χ4n) is 2.83. The van der Waals surface area contributed by atoms with Gasteiger partial charge in [0.2, 0.25) is 5.82 Å². The lowest BCUT2D eigenvalue weighted by Gasteiger charge is -2.25. The first-order chi connectivity index (χ1) is 12.3. The molecule has 1 N–H and O–H groups in total. The lowest BCUT2D eigenvalue weighted by Crippen LogP contribution is -2.45. The van der Waals surface area contributed by atoms with Gasteiger partial charge in [0.25, 0.3) is 5.91 Å². The predicted molar refractivity (Wildman–Crippen MR) is 96.7 cm³/mol. The van der Waals surface area contributed by atoms with Crippen LogP contribution in [0.1, 0.15) is 56.0 Å². The number of hydrogen-bond donors (Lipinski definition) is 1. The van der Waals surface area contributed by atoms with E-state index >= 15 is 0 Å². The molecule has 0 radical (unpaired) electrons. The smallest absolute Gasteiger partial charge is 0.326 e. The lowest BCUT2D eigenvalue weighted by molar-refractivity contribution is -0.141. The number of carbonyl (C=O) groups excluding carboxylic acids is 1. The van der Waals surface area contributed by atoms with E-state index in [1.807, 2.05) is 26.0 Å². The van der Waals surface area contributed by atoms with Gasteiger partial charge in [-0.2, -0.15) is 0 Å². The number of benzene rings is 1. The van der Waals surface area contributed by atoms with Crippen molar-refractivity contribution in [3.05, 3.63) is 40.9 Å². The highest BCUT2D eigenvalue weighted by Gasteiger charge is 2.40. The summed E-state index contributed by atoms with van der Waals surface area (Å²) in [6, 6.07) is 6.20. The van der Waals surface area contributed by atoms with Crippen molar-refractivity contribution in [2.45, 2.75) is 51.6 Å². The molecule has 1 aromatic heterocycles. The van der Waals surface area contributed by atoms with Crippen LogP contribution >= 0.6 is 11.6 Å². The van der Waals surface area contributed by atoms with E-state index in [0.717, 1.165) is 12.8 Å². The van der Waals surface area contributed by atoms with Crippen LogP contribution < -0.4 is 0 Å². The van der Waals surface area contributed by atoms with Crippen molar-refractivity contribution in [3.63, 3.8) is 0 Å². The van der Waals surface area contributed by atoms with Crippen LogP contribution in [0.25, 0.3) is 5.69 Å². The minimum absolute atomic E-state index is 0.00591. The van der Waals surface area contributed by atoms with E-state index < -0.39 is 17.9 Å². The molecule has 0 aliphatic heterocycles. The molecule has 26 heavy (non-hydrogen) atoms. The van der Waals surface area contributed by atoms with E-state index in [1.54, 1.807) is 16.8 Å². The summed E-state index contributed by atoms with van der Waals surface area (Å²) in [5, 5.41) is 14.2. The minimum atomic E-state index is -1.04. The van der Waals surface area contributed by atoms with E-state index in [1.165, 1.54) is 11.8 Å². The molecule has 1 atom stereocenters. The molecule has 0 bridgehead atoms. The summed E-state index contributed by atoms with van der Waals surface area (Å²) in [4.78, 5) is 30.1. The van der Waals surface area contributed by atoms with Gasteiger partial charge in [-0.3, -0.25) is 4.79 Å². The number of carboxylic acids is 1. The number of hydrogen-bond acceptors (Lipinski definition) is 4. The first-order valence-corrected chi connectivity index (χ1v) is 8.96. The molecule has 7 nitrogen and oxygen atoms in total. The summed E-state index contributed by atoms with van der Waals surface area (Å²) in [5.41, 5.74) is 0.633. The molecule has 1 aliphatic rings. The Kier molecular flexibility index (Phi) is 5.00. The Morgan fingerprint density at radius 1 is 1.27 bits per heavy atom. The second-order valence-corrected chi connectivity index (χ2v) is 7.18. The van der Waals surface area contributed by atoms with Crippen molar-refractivity contribution in [2.75, 3.05) is 0 Å². The summed E-state index contributed by atoms with van der Waals surface area (Å²) in [6.07, 6.45) is 1.59. The number of amides is 1. The van der Waals surface area contributed by atoms with Gasteiger partial charge in [0, 0.05) is 12.0 Å². The molecule has 1 aliphatic carbocycles. The second-order valence-electron chi connectivity index (χ2n) is 6.77. The highest BCUT2D eigenvalue weighted by atomic mass is 35.5. The number of aromatic nitrogens is 3. The molecule has 1 unspecified atom stereocenters. The second kappa shape index (κ2) is 7.07. The summed E-state index contributed by atoms with van der Waals surface area (Å²) in [7, 11) is 0. The molecule has 2 aromatic rings. The van der Waals surface area contributed by atoms with Crippen LogP contribution in [0.3, 0.4) is 0 Å². The van der Waals surface area contributed by atoms with Gasteiger partial charge in [-0.1, -0.05) is 37.6 Å². The van der Waals surface area contributed by atoms with Crippen LogP contribution in [0.4, 0.5) is 0 Å². The van der Waals surface area contributed by atoms with Gasteiger partial charge >= 0.3 is 5.97 Å². The van der Waals surface area contributed by atoms with Gasteiger partial charge < -0.3 is 10.0 Å². The summed E-state index contributed by atoms with van der Waals surface area (Å²) in [6.45, 7) is 5.40. The zero-order valence-electron chi connectivity index (χ0n) is 14.9. The quantitative estimate of drug-likeness (QED) is 0.836. The summed E-state index contributed by atoms with van der Waals surface area (Å²) < 4.78 is 1.57. The number of para-hydroxylation sites is 1. The zero-order valence-corrected chi connectivity index (χ0v) is 15.6.